The van der Waals surface area contributed by atoms with E-state index in [4.69, 9.17) is 16.7 Å². The summed E-state index contributed by atoms with van der Waals surface area (Å²) in [4.78, 5) is 10.8. The number of benzene rings is 1. The Hall–Kier alpha value is -0.830. The smallest absolute Gasteiger partial charge is 0.322 e. The van der Waals surface area contributed by atoms with Gasteiger partial charge in [-0.3, -0.25) is 4.79 Å². The highest BCUT2D eigenvalue weighted by atomic mass is 35.5. The molecular formula is C10H9ClFNO4S2. The van der Waals surface area contributed by atoms with E-state index in [0.29, 0.717) is 0 Å². The number of halogens is 2. The van der Waals surface area contributed by atoms with E-state index in [2.05, 4.69) is 0 Å². The van der Waals surface area contributed by atoms with Crippen molar-refractivity contribution in [1.82, 2.24) is 4.31 Å². The maximum absolute atomic E-state index is 13.0. The molecule has 1 N–H and O–H groups in total. The molecule has 5 nitrogen and oxygen atoms in total. The van der Waals surface area contributed by atoms with E-state index in [1.54, 1.807) is 0 Å². The Kier molecular flexibility index (Phi) is 4.05. The van der Waals surface area contributed by atoms with Crippen LogP contribution in [0.5, 0.6) is 0 Å². The van der Waals surface area contributed by atoms with Gasteiger partial charge in [0.2, 0.25) is 10.0 Å². The van der Waals surface area contributed by atoms with Crippen molar-refractivity contribution in [3.05, 3.63) is 29.0 Å². The van der Waals surface area contributed by atoms with Gasteiger partial charge in [-0.2, -0.15) is 4.31 Å². The summed E-state index contributed by atoms with van der Waals surface area (Å²) in [5.74, 6) is -1.70. The van der Waals surface area contributed by atoms with Crippen LogP contribution < -0.4 is 0 Å². The average molecular weight is 326 g/mol. The van der Waals surface area contributed by atoms with Crippen LogP contribution in [0.15, 0.2) is 23.1 Å². The van der Waals surface area contributed by atoms with E-state index in [-0.39, 0.29) is 21.5 Å². The third kappa shape index (κ3) is 2.71. The van der Waals surface area contributed by atoms with Crippen LogP contribution in [0.2, 0.25) is 5.02 Å². The van der Waals surface area contributed by atoms with Crippen molar-refractivity contribution < 1.29 is 22.7 Å². The van der Waals surface area contributed by atoms with Gasteiger partial charge < -0.3 is 5.11 Å². The molecule has 19 heavy (non-hydrogen) atoms. The fraction of sp³-hybridized carbons (Fsp3) is 0.300. The molecule has 0 aliphatic carbocycles. The van der Waals surface area contributed by atoms with Crippen molar-refractivity contribution in [3.8, 4) is 0 Å². The van der Waals surface area contributed by atoms with Crippen molar-refractivity contribution in [2.75, 3.05) is 11.6 Å². The molecule has 2 rings (SSSR count). The summed E-state index contributed by atoms with van der Waals surface area (Å²) in [6.45, 7) is 0. The van der Waals surface area contributed by atoms with Crippen LogP contribution in [0.25, 0.3) is 0 Å². The molecule has 0 spiro atoms. The van der Waals surface area contributed by atoms with Crippen molar-refractivity contribution in [1.29, 1.82) is 0 Å². The third-order valence-corrected chi connectivity index (χ3v) is 5.94. The Bertz CT molecular complexity index is 622. The fourth-order valence-corrected chi connectivity index (χ4v) is 5.04. The first-order valence-electron chi connectivity index (χ1n) is 5.11. The van der Waals surface area contributed by atoms with Crippen LogP contribution in [0.3, 0.4) is 0 Å². The molecule has 0 saturated carbocycles. The van der Waals surface area contributed by atoms with Crippen molar-refractivity contribution in [3.63, 3.8) is 0 Å². The summed E-state index contributed by atoms with van der Waals surface area (Å²) >= 11 is 6.75. The summed E-state index contributed by atoms with van der Waals surface area (Å²) in [6, 6.07) is 1.87. The highest BCUT2D eigenvalue weighted by molar-refractivity contribution is 8.00. The van der Waals surface area contributed by atoms with E-state index in [1.165, 1.54) is 11.8 Å². The van der Waals surface area contributed by atoms with E-state index in [9.17, 15) is 17.6 Å². The number of sulfonamides is 1. The van der Waals surface area contributed by atoms with Crippen LogP contribution in [0.1, 0.15) is 0 Å². The fourth-order valence-electron chi connectivity index (χ4n) is 1.63. The number of carboxylic acids is 1. The lowest BCUT2D eigenvalue weighted by Gasteiger charge is -2.20. The normalized spacial score (nSPS) is 20.6. The number of nitrogens with zero attached hydrogens (tertiary/aromatic N) is 1. The largest absolute Gasteiger partial charge is 0.480 e. The Labute approximate surface area is 118 Å². The number of rotatable bonds is 3. The number of hydrogen-bond donors (Lipinski definition) is 1. The van der Waals surface area contributed by atoms with Gasteiger partial charge >= 0.3 is 5.97 Å². The number of aliphatic carboxylic acids is 1. The molecule has 104 valence electrons. The van der Waals surface area contributed by atoms with Gasteiger partial charge in [0.05, 0.1) is 15.8 Å². The van der Waals surface area contributed by atoms with E-state index >= 15 is 0 Å². The van der Waals surface area contributed by atoms with Crippen LogP contribution in [0.4, 0.5) is 4.39 Å². The van der Waals surface area contributed by atoms with Crippen LogP contribution in [-0.4, -0.2) is 41.5 Å². The minimum absolute atomic E-state index is 0.0499. The third-order valence-electron chi connectivity index (χ3n) is 2.62. The zero-order valence-corrected chi connectivity index (χ0v) is 11.8. The van der Waals surface area contributed by atoms with Crippen LogP contribution in [0, 0.1) is 5.82 Å². The van der Waals surface area contributed by atoms with Gasteiger partial charge in [0.1, 0.15) is 11.9 Å². The van der Waals surface area contributed by atoms with Gasteiger partial charge in [-0.1, -0.05) is 11.6 Å². The van der Waals surface area contributed by atoms with E-state index in [1.807, 2.05) is 0 Å². The minimum Gasteiger partial charge on any atom is -0.480 e. The molecule has 1 aliphatic heterocycles. The Morgan fingerprint density at radius 1 is 1.53 bits per heavy atom. The first kappa shape index (κ1) is 14.6. The lowest BCUT2D eigenvalue weighted by atomic mass is 10.3. The second-order valence-corrected chi connectivity index (χ2v) is 7.12. The first-order chi connectivity index (χ1) is 8.84. The van der Waals surface area contributed by atoms with Gasteiger partial charge in [-0.15, -0.1) is 11.8 Å². The second-order valence-electron chi connectivity index (χ2n) is 3.82. The maximum atomic E-state index is 13.0. The van der Waals surface area contributed by atoms with Gasteiger partial charge in [-0.25, -0.2) is 12.8 Å². The predicted molar refractivity (Wildman–Crippen MR) is 69.2 cm³/mol. The SMILES string of the molecule is O=C(O)[C@@H]1CSCN1S(=O)(=O)c1ccc(F)c(Cl)c1. The summed E-state index contributed by atoms with van der Waals surface area (Å²) in [5, 5.41) is 8.67. The van der Waals surface area contributed by atoms with Crippen molar-refractivity contribution in [2.45, 2.75) is 10.9 Å². The molecule has 0 bridgehead atoms. The van der Waals surface area contributed by atoms with Crippen molar-refractivity contribution in [2.24, 2.45) is 0 Å². The average Bonchev–Trinajstić information content (AvgIpc) is 2.82. The van der Waals surface area contributed by atoms with Gasteiger partial charge in [0.15, 0.2) is 0 Å². The molecule has 1 fully saturated rings. The minimum atomic E-state index is -3.99. The zero-order valence-electron chi connectivity index (χ0n) is 9.42. The second kappa shape index (κ2) is 5.28. The number of carboxylic acid groups (broad SMARTS) is 1. The topological polar surface area (TPSA) is 74.7 Å². The molecule has 0 amide bonds. The molecule has 1 atom stereocenters. The zero-order chi connectivity index (χ0) is 14.2. The monoisotopic (exact) mass is 325 g/mol. The lowest BCUT2D eigenvalue weighted by Crippen LogP contribution is -2.41. The molecule has 1 saturated heterocycles. The van der Waals surface area contributed by atoms with Crippen LogP contribution in [-0.2, 0) is 14.8 Å². The maximum Gasteiger partial charge on any atom is 0.322 e. The van der Waals surface area contributed by atoms with Gasteiger partial charge in [-0.05, 0) is 18.2 Å². The van der Waals surface area contributed by atoms with Gasteiger partial charge in [0, 0.05) is 5.75 Å². The Morgan fingerprint density at radius 3 is 2.79 bits per heavy atom. The molecular weight excluding hydrogens is 317 g/mol. The summed E-state index contributed by atoms with van der Waals surface area (Å²) in [7, 11) is -3.99. The van der Waals surface area contributed by atoms with E-state index in [0.717, 1.165) is 22.5 Å². The molecule has 0 unspecified atom stereocenters. The highest BCUT2D eigenvalue weighted by Crippen LogP contribution is 2.29. The standard InChI is InChI=1S/C10H9ClFNO4S2/c11-7-3-6(1-2-8(7)12)19(16,17)13-5-18-4-9(13)10(14)15/h1-3,9H,4-5H2,(H,14,15)/t9-/m0/s1. The summed E-state index contributed by atoms with van der Waals surface area (Å²) < 4.78 is 38.5. The van der Waals surface area contributed by atoms with Crippen molar-refractivity contribution >= 4 is 39.4 Å². The number of carbonyl (C=O) groups is 1. The quantitative estimate of drug-likeness (QED) is 0.914. The van der Waals surface area contributed by atoms with Crippen LogP contribution >= 0.6 is 23.4 Å². The summed E-state index contributed by atoms with van der Waals surface area (Å²) in [6.07, 6.45) is 0. The lowest BCUT2D eigenvalue weighted by molar-refractivity contribution is -0.140. The molecule has 9 heteroatoms. The Morgan fingerprint density at radius 2 is 2.21 bits per heavy atom. The highest BCUT2D eigenvalue weighted by Gasteiger charge is 2.40. The van der Waals surface area contributed by atoms with Gasteiger partial charge in [0.25, 0.3) is 0 Å². The Balaban J connectivity index is 2.42. The number of thioether (sulfide) groups is 1. The molecule has 0 radical (unpaired) electrons. The van der Waals surface area contributed by atoms with E-state index < -0.39 is 27.9 Å². The first-order valence-corrected chi connectivity index (χ1v) is 8.09. The number of hydrogen-bond acceptors (Lipinski definition) is 4. The molecule has 1 aromatic rings. The molecule has 1 heterocycles. The molecule has 0 aromatic heterocycles. The summed E-state index contributed by atoms with van der Waals surface area (Å²) in [5.41, 5.74) is 0. The predicted octanol–water partition coefficient (Wildman–Crippen LogP) is 1.63. The molecule has 1 aromatic carbocycles. The molecule has 1 aliphatic rings.